The lowest BCUT2D eigenvalue weighted by molar-refractivity contribution is 0.295. The van der Waals surface area contributed by atoms with Crippen molar-refractivity contribution in [3.8, 4) is 0 Å². The Bertz CT molecular complexity index is 362. The smallest absolute Gasteiger partial charge is 0.151 e. The van der Waals surface area contributed by atoms with Gasteiger partial charge in [-0.15, -0.1) is 5.10 Å². The van der Waals surface area contributed by atoms with Gasteiger partial charge >= 0.3 is 0 Å². The predicted molar refractivity (Wildman–Crippen MR) is 69.7 cm³/mol. The van der Waals surface area contributed by atoms with Crippen LogP contribution in [0.5, 0.6) is 0 Å². The number of nitrogens with two attached hydrogens (primary N) is 1. The van der Waals surface area contributed by atoms with Crippen molar-refractivity contribution in [2.24, 2.45) is 17.6 Å². The largest absolute Gasteiger partial charge is 0.352 e. The molecule has 0 aliphatic carbocycles. The second kappa shape index (κ2) is 5.00. The molecule has 0 aromatic carbocycles. The SMILES string of the molecule is CC1CC(C)C(C)N(c2ccc(CN)nn2)C1. The van der Waals surface area contributed by atoms with Crippen molar-refractivity contribution in [1.82, 2.24) is 10.2 Å². The second-order valence-electron chi connectivity index (χ2n) is 5.30. The molecule has 4 nitrogen and oxygen atoms in total. The van der Waals surface area contributed by atoms with Gasteiger partial charge in [0.1, 0.15) is 0 Å². The first-order chi connectivity index (χ1) is 8.11. The van der Waals surface area contributed by atoms with Crippen LogP contribution in [-0.2, 0) is 6.54 Å². The molecule has 3 unspecified atom stereocenters. The summed E-state index contributed by atoms with van der Waals surface area (Å²) in [6, 6.07) is 4.54. The molecule has 1 aromatic heterocycles. The highest BCUT2D eigenvalue weighted by Gasteiger charge is 2.29. The van der Waals surface area contributed by atoms with E-state index in [1.165, 1.54) is 6.42 Å². The first-order valence-corrected chi connectivity index (χ1v) is 6.41. The number of nitrogens with zero attached hydrogens (tertiary/aromatic N) is 3. The van der Waals surface area contributed by atoms with Gasteiger partial charge < -0.3 is 10.6 Å². The first kappa shape index (κ1) is 12.3. The van der Waals surface area contributed by atoms with Crippen LogP contribution in [-0.4, -0.2) is 22.8 Å². The van der Waals surface area contributed by atoms with Crippen LogP contribution in [0.2, 0.25) is 0 Å². The number of aromatic nitrogens is 2. The number of rotatable bonds is 2. The van der Waals surface area contributed by atoms with Gasteiger partial charge in [-0.3, -0.25) is 0 Å². The molecular formula is C13H22N4. The van der Waals surface area contributed by atoms with Gasteiger partial charge in [0, 0.05) is 19.1 Å². The molecule has 1 aliphatic heterocycles. The van der Waals surface area contributed by atoms with Crippen LogP contribution >= 0.6 is 0 Å². The number of hydrogen-bond donors (Lipinski definition) is 1. The fourth-order valence-corrected chi connectivity index (χ4v) is 2.63. The first-order valence-electron chi connectivity index (χ1n) is 6.41. The van der Waals surface area contributed by atoms with Crippen LogP contribution in [0.3, 0.4) is 0 Å². The molecule has 2 N–H and O–H groups in total. The number of anilines is 1. The summed E-state index contributed by atoms with van der Waals surface area (Å²) in [7, 11) is 0. The van der Waals surface area contributed by atoms with Gasteiger partial charge in [-0.2, -0.15) is 5.10 Å². The minimum Gasteiger partial charge on any atom is -0.352 e. The maximum absolute atomic E-state index is 5.53. The molecule has 94 valence electrons. The lowest BCUT2D eigenvalue weighted by atomic mass is 9.86. The summed E-state index contributed by atoms with van der Waals surface area (Å²) in [5.41, 5.74) is 6.38. The summed E-state index contributed by atoms with van der Waals surface area (Å²) >= 11 is 0. The molecule has 17 heavy (non-hydrogen) atoms. The van der Waals surface area contributed by atoms with E-state index in [9.17, 15) is 0 Å². The third-order valence-electron chi connectivity index (χ3n) is 3.81. The zero-order chi connectivity index (χ0) is 12.4. The number of piperidine rings is 1. The van der Waals surface area contributed by atoms with Crippen LogP contribution in [0.25, 0.3) is 0 Å². The summed E-state index contributed by atoms with van der Waals surface area (Å²) in [4.78, 5) is 2.37. The molecular weight excluding hydrogens is 212 g/mol. The Morgan fingerprint density at radius 3 is 2.65 bits per heavy atom. The van der Waals surface area contributed by atoms with Crippen LogP contribution in [0.15, 0.2) is 12.1 Å². The standard InChI is InChI=1S/C13H22N4/c1-9-6-10(2)11(3)17(8-9)13-5-4-12(7-14)15-16-13/h4-5,9-11H,6-8,14H2,1-3H3. The fourth-order valence-electron chi connectivity index (χ4n) is 2.63. The van der Waals surface area contributed by atoms with Gasteiger partial charge in [0.25, 0.3) is 0 Å². The minimum atomic E-state index is 0.454. The molecule has 0 bridgehead atoms. The van der Waals surface area contributed by atoms with Crippen LogP contribution in [0.4, 0.5) is 5.82 Å². The van der Waals surface area contributed by atoms with Crippen molar-refractivity contribution in [3.05, 3.63) is 17.8 Å². The van der Waals surface area contributed by atoms with Gasteiger partial charge in [0.05, 0.1) is 5.69 Å². The maximum Gasteiger partial charge on any atom is 0.151 e. The zero-order valence-corrected chi connectivity index (χ0v) is 10.9. The Labute approximate surface area is 103 Å². The summed E-state index contributed by atoms with van der Waals surface area (Å²) in [5.74, 6) is 2.40. The quantitative estimate of drug-likeness (QED) is 0.848. The Morgan fingerprint density at radius 2 is 2.06 bits per heavy atom. The highest BCUT2D eigenvalue weighted by Crippen LogP contribution is 2.29. The molecule has 3 atom stereocenters. The molecule has 2 rings (SSSR count). The normalized spacial score (nSPS) is 29.4. The van der Waals surface area contributed by atoms with Crippen molar-refractivity contribution >= 4 is 5.82 Å². The van der Waals surface area contributed by atoms with E-state index in [2.05, 4.69) is 35.9 Å². The topological polar surface area (TPSA) is 55.0 Å². The lowest BCUT2D eigenvalue weighted by Crippen LogP contribution is -2.46. The number of hydrogen-bond acceptors (Lipinski definition) is 4. The van der Waals surface area contributed by atoms with E-state index in [0.29, 0.717) is 18.5 Å². The molecule has 2 heterocycles. The second-order valence-corrected chi connectivity index (χ2v) is 5.30. The van der Waals surface area contributed by atoms with Crippen LogP contribution in [0.1, 0.15) is 32.9 Å². The predicted octanol–water partition coefficient (Wildman–Crippen LogP) is 1.81. The Balaban J connectivity index is 2.19. The van der Waals surface area contributed by atoms with Gasteiger partial charge in [-0.25, -0.2) is 0 Å². The van der Waals surface area contributed by atoms with Crippen LogP contribution in [0, 0.1) is 11.8 Å². The Hall–Kier alpha value is -1.16. The van der Waals surface area contributed by atoms with Gasteiger partial charge in [0.15, 0.2) is 5.82 Å². The summed E-state index contributed by atoms with van der Waals surface area (Å²) < 4.78 is 0. The van der Waals surface area contributed by atoms with Gasteiger partial charge in [-0.1, -0.05) is 13.8 Å². The Morgan fingerprint density at radius 1 is 1.29 bits per heavy atom. The monoisotopic (exact) mass is 234 g/mol. The molecule has 0 radical (unpaired) electrons. The minimum absolute atomic E-state index is 0.454. The van der Waals surface area contributed by atoms with Gasteiger partial charge in [-0.05, 0) is 37.3 Å². The summed E-state index contributed by atoms with van der Waals surface area (Å²) in [6.07, 6.45) is 1.30. The van der Waals surface area contributed by atoms with E-state index in [4.69, 9.17) is 5.73 Å². The van der Waals surface area contributed by atoms with Crippen molar-refractivity contribution in [2.75, 3.05) is 11.4 Å². The lowest BCUT2D eigenvalue weighted by Gasteiger charge is -2.41. The maximum atomic E-state index is 5.53. The van der Waals surface area contributed by atoms with Crippen LogP contribution < -0.4 is 10.6 Å². The van der Waals surface area contributed by atoms with E-state index >= 15 is 0 Å². The van der Waals surface area contributed by atoms with Gasteiger partial charge in [0.2, 0.25) is 0 Å². The third-order valence-corrected chi connectivity index (χ3v) is 3.81. The Kier molecular flexibility index (Phi) is 3.62. The molecule has 1 aromatic rings. The molecule has 0 amide bonds. The molecule has 0 spiro atoms. The molecule has 1 aliphatic rings. The van der Waals surface area contributed by atoms with E-state index in [1.807, 2.05) is 12.1 Å². The van der Waals surface area contributed by atoms with Crippen molar-refractivity contribution < 1.29 is 0 Å². The molecule has 0 saturated carbocycles. The van der Waals surface area contributed by atoms with E-state index in [-0.39, 0.29) is 0 Å². The van der Waals surface area contributed by atoms with Crippen molar-refractivity contribution in [3.63, 3.8) is 0 Å². The molecule has 4 heteroatoms. The fraction of sp³-hybridized carbons (Fsp3) is 0.692. The summed E-state index contributed by atoms with van der Waals surface area (Å²) in [6.45, 7) is 8.42. The third kappa shape index (κ3) is 2.57. The van der Waals surface area contributed by atoms with E-state index in [1.54, 1.807) is 0 Å². The molecule has 1 fully saturated rings. The average molecular weight is 234 g/mol. The zero-order valence-electron chi connectivity index (χ0n) is 10.9. The van der Waals surface area contributed by atoms with Crippen molar-refractivity contribution in [1.29, 1.82) is 0 Å². The van der Waals surface area contributed by atoms with Crippen molar-refractivity contribution in [2.45, 2.75) is 39.8 Å². The highest BCUT2D eigenvalue weighted by atomic mass is 15.3. The average Bonchev–Trinajstić information content (AvgIpc) is 2.34. The van der Waals surface area contributed by atoms with E-state index in [0.717, 1.165) is 24.0 Å². The summed E-state index contributed by atoms with van der Waals surface area (Å²) in [5, 5.41) is 8.43. The van der Waals surface area contributed by atoms with E-state index < -0.39 is 0 Å². The highest BCUT2D eigenvalue weighted by molar-refractivity contribution is 5.39. The molecule has 1 saturated heterocycles.